The Morgan fingerprint density at radius 2 is 0.735 bits per heavy atom. The molecule has 0 fully saturated rings. The first kappa shape index (κ1) is 24.5. The number of aryl methyl sites for hydroxylation is 9. The molecule has 0 heterocycles. The van der Waals surface area contributed by atoms with E-state index in [9.17, 15) is 0 Å². The van der Waals surface area contributed by atoms with E-state index in [1.807, 2.05) is 0 Å². The Bertz CT molecular complexity index is 1260. The average molecular weight is 505 g/mol. The second kappa shape index (κ2) is 9.58. The molecule has 0 unspecified atom stereocenters. The molecule has 0 bridgehead atoms. The first-order valence-electron chi connectivity index (χ1n) is 12.2. The molecule has 1 heteroatoms. The first-order chi connectivity index (χ1) is 16.1. The van der Waals surface area contributed by atoms with Crippen molar-refractivity contribution in [2.24, 2.45) is 0 Å². The zero-order valence-electron chi connectivity index (χ0n) is 22.2. The van der Waals surface area contributed by atoms with Crippen LogP contribution in [-0.4, -0.2) is 15.4 Å². The fourth-order valence-corrected chi connectivity index (χ4v) is 8.91. The molecule has 0 spiro atoms. The van der Waals surface area contributed by atoms with Crippen molar-refractivity contribution in [3.8, 4) is 22.3 Å². The van der Waals surface area contributed by atoms with Gasteiger partial charge in [0.2, 0.25) is 0 Å². The molecule has 0 saturated heterocycles. The van der Waals surface area contributed by atoms with Gasteiger partial charge >= 0.3 is 213 Å². The zero-order valence-corrected chi connectivity index (χ0v) is 24.3. The third kappa shape index (κ3) is 4.66. The summed E-state index contributed by atoms with van der Waals surface area (Å²) >= 11 is -0.570. The van der Waals surface area contributed by atoms with Crippen LogP contribution in [0.1, 0.15) is 50.1 Å². The summed E-state index contributed by atoms with van der Waals surface area (Å²) in [6, 6.07) is 21.1. The van der Waals surface area contributed by atoms with Gasteiger partial charge in [-0.3, -0.25) is 0 Å². The molecule has 0 aliphatic heterocycles. The van der Waals surface area contributed by atoms with Crippen molar-refractivity contribution < 1.29 is 0 Å². The minimum absolute atomic E-state index is 0.570. The Balaban J connectivity index is 2.07. The monoisotopic (exact) mass is 506 g/mol. The Kier molecular flexibility index (Phi) is 6.92. The molecule has 0 nitrogen and oxygen atoms in total. The van der Waals surface area contributed by atoms with Crippen LogP contribution in [-0.2, 0) is 0 Å². The summed E-state index contributed by atoms with van der Waals surface area (Å²) in [5, 5.41) is 0. The van der Waals surface area contributed by atoms with Crippen LogP contribution in [0, 0.1) is 62.3 Å². The van der Waals surface area contributed by atoms with Gasteiger partial charge in [-0.15, -0.1) is 0 Å². The standard InChI is InChI=1S/C33H36Ge/c1-19-13-22(4)30(23(5)14-19)28-11-10-12-29(31-24(6)15-20(2)16-25(31)7)33(28)34-32-26(8)17-21(3)18-27(32)9/h10-18H,1-9H3. The Morgan fingerprint density at radius 3 is 1.09 bits per heavy atom. The number of rotatable bonds is 4. The van der Waals surface area contributed by atoms with Crippen molar-refractivity contribution in [2.75, 3.05) is 0 Å². The van der Waals surface area contributed by atoms with E-state index in [1.54, 1.807) is 8.79 Å². The van der Waals surface area contributed by atoms with Gasteiger partial charge in [0.1, 0.15) is 0 Å². The summed E-state index contributed by atoms with van der Waals surface area (Å²) in [7, 11) is 0. The van der Waals surface area contributed by atoms with Gasteiger partial charge in [-0.2, -0.15) is 0 Å². The van der Waals surface area contributed by atoms with Crippen molar-refractivity contribution in [2.45, 2.75) is 62.3 Å². The summed E-state index contributed by atoms with van der Waals surface area (Å²) in [6.45, 7) is 20.3. The van der Waals surface area contributed by atoms with Crippen LogP contribution in [0.3, 0.4) is 0 Å². The van der Waals surface area contributed by atoms with Crippen LogP contribution in [0.15, 0.2) is 54.6 Å². The summed E-state index contributed by atoms with van der Waals surface area (Å²) in [5.74, 6) is 0. The molecule has 0 saturated carbocycles. The van der Waals surface area contributed by atoms with Crippen LogP contribution in [0.4, 0.5) is 0 Å². The van der Waals surface area contributed by atoms with Crippen molar-refractivity contribution in [3.05, 3.63) is 105 Å². The summed E-state index contributed by atoms with van der Waals surface area (Å²) in [6.07, 6.45) is 0. The maximum absolute atomic E-state index is 2.37. The van der Waals surface area contributed by atoms with E-state index in [-0.39, 0.29) is 0 Å². The average Bonchev–Trinajstić information content (AvgIpc) is 2.70. The topological polar surface area (TPSA) is 0 Å². The van der Waals surface area contributed by atoms with Gasteiger partial charge in [-0.05, 0) is 0 Å². The molecule has 4 rings (SSSR count). The number of hydrogen-bond donors (Lipinski definition) is 0. The van der Waals surface area contributed by atoms with Gasteiger partial charge in [0, 0.05) is 0 Å². The molecule has 0 aliphatic rings. The Morgan fingerprint density at radius 1 is 0.412 bits per heavy atom. The molecule has 172 valence electrons. The maximum atomic E-state index is 2.37. The molecule has 0 amide bonds. The molecule has 0 N–H and O–H groups in total. The van der Waals surface area contributed by atoms with Crippen molar-refractivity contribution in [1.82, 2.24) is 0 Å². The molecule has 4 aromatic rings. The molecule has 2 radical (unpaired) electrons. The van der Waals surface area contributed by atoms with E-state index < -0.39 is 15.4 Å². The van der Waals surface area contributed by atoms with E-state index in [0.29, 0.717) is 0 Å². The predicted octanol–water partition coefficient (Wildman–Crippen LogP) is 7.45. The molecule has 34 heavy (non-hydrogen) atoms. The van der Waals surface area contributed by atoms with Gasteiger partial charge in [0.25, 0.3) is 0 Å². The fraction of sp³-hybridized carbons (Fsp3) is 0.273. The van der Waals surface area contributed by atoms with Crippen LogP contribution in [0.25, 0.3) is 22.3 Å². The third-order valence-corrected chi connectivity index (χ3v) is 10.7. The van der Waals surface area contributed by atoms with Crippen LogP contribution in [0.5, 0.6) is 0 Å². The van der Waals surface area contributed by atoms with Crippen LogP contribution < -0.4 is 8.79 Å². The minimum atomic E-state index is -0.570. The molecular weight excluding hydrogens is 469 g/mol. The predicted molar refractivity (Wildman–Crippen MR) is 151 cm³/mol. The van der Waals surface area contributed by atoms with E-state index in [0.717, 1.165) is 0 Å². The fourth-order valence-electron chi connectivity index (χ4n) is 5.82. The Labute approximate surface area is 212 Å². The number of hydrogen-bond acceptors (Lipinski definition) is 0. The van der Waals surface area contributed by atoms with Crippen LogP contribution in [0.2, 0.25) is 0 Å². The second-order valence-corrected chi connectivity index (χ2v) is 12.8. The quantitative estimate of drug-likeness (QED) is 0.253. The van der Waals surface area contributed by atoms with Gasteiger partial charge in [-0.25, -0.2) is 0 Å². The zero-order chi connectivity index (χ0) is 24.7. The van der Waals surface area contributed by atoms with Gasteiger partial charge in [-0.1, -0.05) is 0 Å². The molecule has 0 aromatic heterocycles. The van der Waals surface area contributed by atoms with E-state index in [1.165, 1.54) is 72.3 Å². The van der Waals surface area contributed by atoms with E-state index in [2.05, 4.69) is 117 Å². The van der Waals surface area contributed by atoms with Gasteiger partial charge in [0.05, 0.1) is 0 Å². The second-order valence-electron chi connectivity index (χ2n) is 10.2. The first-order valence-corrected chi connectivity index (χ1v) is 14.3. The molecule has 0 atom stereocenters. The third-order valence-electron chi connectivity index (χ3n) is 6.88. The van der Waals surface area contributed by atoms with E-state index in [4.69, 9.17) is 0 Å². The summed E-state index contributed by atoms with van der Waals surface area (Å²) in [5.41, 5.74) is 18.1. The normalized spacial score (nSPS) is 11.2. The Hall–Kier alpha value is -2.58. The van der Waals surface area contributed by atoms with Crippen molar-refractivity contribution >= 4 is 24.2 Å². The van der Waals surface area contributed by atoms with Gasteiger partial charge in [0.15, 0.2) is 0 Å². The van der Waals surface area contributed by atoms with Crippen molar-refractivity contribution in [1.29, 1.82) is 0 Å². The van der Waals surface area contributed by atoms with Crippen LogP contribution >= 0.6 is 0 Å². The number of benzene rings is 4. The SMILES string of the molecule is Cc1cc(C)[c]([Ge][c]2c(-c3c(C)cc(C)cc3C)cccc2-c2c(C)cc(C)cc2C)c(C)c1. The summed E-state index contributed by atoms with van der Waals surface area (Å²) in [4.78, 5) is 0. The van der Waals surface area contributed by atoms with E-state index >= 15 is 0 Å². The molecular formula is C33H36Ge. The molecule has 0 aliphatic carbocycles. The van der Waals surface area contributed by atoms with Gasteiger partial charge < -0.3 is 0 Å². The van der Waals surface area contributed by atoms with Crippen molar-refractivity contribution in [3.63, 3.8) is 0 Å². The molecule has 4 aromatic carbocycles. The summed E-state index contributed by atoms with van der Waals surface area (Å²) < 4.78 is 3.13.